The van der Waals surface area contributed by atoms with Crippen molar-refractivity contribution in [2.45, 2.75) is 38.3 Å². The number of rotatable bonds is 2. The molecular weight excluding hydrogens is 328 g/mol. The number of aliphatic hydroxyl groups is 1. The fourth-order valence-electron chi connectivity index (χ4n) is 5.33. The van der Waals surface area contributed by atoms with Crippen molar-refractivity contribution >= 4 is 16.9 Å². The first-order chi connectivity index (χ1) is 12.5. The summed E-state index contributed by atoms with van der Waals surface area (Å²) in [6, 6.07) is 8.28. The second kappa shape index (κ2) is 6.71. The minimum Gasteiger partial charge on any atom is -0.469 e. The molecule has 2 aliphatic rings. The van der Waals surface area contributed by atoms with Gasteiger partial charge in [-0.3, -0.25) is 4.79 Å². The number of H-pyrrole nitrogens is 1. The molecule has 4 unspecified atom stereocenters. The van der Waals surface area contributed by atoms with Gasteiger partial charge in [-0.05, 0) is 43.4 Å². The second-order valence-electron chi connectivity index (χ2n) is 7.91. The summed E-state index contributed by atoms with van der Waals surface area (Å²) in [5.74, 6) is 0.199. The van der Waals surface area contributed by atoms with Gasteiger partial charge in [0.15, 0.2) is 0 Å². The van der Waals surface area contributed by atoms with E-state index in [9.17, 15) is 9.90 Å². The van der Waals surface area contributed by atoms with Crippen LogP contribution in [0.5, 0.6) is 0 Å². The predicted octanol–water partition coefficient (Wildman–Crippen LogP) is 2.89. The van der Waals surface area contributed by atoms with E-state index < -0.39 is 6.10 Å². The summed E-state index contributed by atoms with van der Waals surface area (Å²) in [6.45, 7) is 3.14. The summed E-state index contributed by atoms with van der Waals surface area (Å²) in [5.41, 5.74) is 3.12. The average molecular weight is 356 g/mol. The van der Waals surface area contributed by atoms with Gasteiger partial charge in [-0.1, -0.05) is 31.5 Å². The third-order valence-corrected chi connectivity index (χ3v) is 6.66. The van der Waals surface area contributed by atoms with E-state index in [4.69, 9.17) is 4.74 Å². The van der Waals surface area contributed by atoms with Crippen molar-refractivity contribution in [3.05, 3.63) is 35.5 Å². The Labute approximate surface area is 154 Å². The largest absolute Gasteiger partial charge is 0.469 e. The maximum atomic E-state index is 12.7. The molecule has 1 aliphatic carbocycles. The van der Waals surface area contributed by atoms with E-state index in [1.165, 1.54) is 7.11 Å². The molecule has 5 nitrogen and oxygen atoms in total. The smallest absolute Gasteiger partial charge is 0.310 e. The van der Waals surface area contributed by atoms with Crippen LogP contribution in [0.2, 0.25) is 0 Å². The molecule has 1 aromatic heterocycles. The standard InChI is InChI=1S/C21H28N2O3/c1-4-12-11-23(2)17-9-15-13-7-5-6-8-16(13)22-20(15)18(24)10-14(12)19(17)21(25)26-3/h5-8,12,14,17-19,22,24H,4,9-11H2,1-3H3/t12-,14?,17?,18?,19?/m1/s1. The number of ether oxygens (including phenoxy) is 1. The number of aliphatic hydroxyl groups excluding tert-OH is 1. The number of para-hydroxylation sites is 1. The number of fused-ring (bicyclic) bond motifs is 5. The molecule has 0 spiro atoms. The van der Waals surface area contributed by atoms with Crippen molar-refractivity contribution in [2.75, 3.05) is 20.7 Å². The Kier molecular flexibility index (Phi) is 4.53. The van der Waals surface area contributed by atoms with E-state index in [2.05, 4.69) is 36.0 Å². The van der Waals surface area contributed by atoms with Gasteiger partial charge in [0.1, 0.15) is 0 Å². The Morgan fingerprint density at radius 3 is 2.88 bits per heavy atom. The van der Waals surface area contributed by atoms with Gasteiger partial charge >= 0.3 is 5.97 Å². The Bertz CT molecular complexity index is 815. The second-order valence-corrected chi connectivity index (χ2v) is 7.91. The molecule has 4 rings (SSSR count). The summed E-state index contributed by atoms with van der Waals surface area (Å²) in [4.78, 5) is 18.5. The summed E-state index contributed by atoms with van der Waals surface area (Å²) in [7, 11) is 3.59. The number of aromatic nitrogens is 1. The Balaban J connectivity index is 1.86. The van der Waals surface area contributed by atoms with Gasteiger partial charge in [0, 0.05) is 29.2 Å². The van der Waals surface area contributed by atoms with Crippen molar-refractivity contribution in [3.63, 3.8) is 0 Å². The number of carbonyl (C=O) groups excluding carboxylic acids is 1. The van der Waals surface area contributed by atoms with Crippen LogP contribution in [-0.2, 0) is 16.0 Å². The molecule has 2 N–H and O–H groups in total. The number of hydrogen-bond donors (Lipinski definition) is 2. The molecule has 2 heterocycles. The maximum Gasteiger partial charge on any atom is 0.310 e. The Morgan fingerprint density at radius 2 is 2.15 bits per heavy atom. The summed E-state index contributed by atoms with van der Waals surface area (Å²) >= 11 is 0. The lowest BCUT2D eigenvalue weighted by Gasteiger charge is -2.48. The zero-order chi connectivity index (χ0) is 18.4. The lowest BCUT2D eigenvalue weighted by molar-refractivity contribution is -0.156. The van der Waals surface area contributed by atoms with Gasteiger partial charge in [0.05, 0.1) is 19.1 Å². The summed E-state index contributed by atoms with van der Waals surface area (Å²) in [5, 5.41) is 12.2. The zero-order valence-corrected chi connectivity index (χ0v) is 15.7. The fourth-order valence-corrected chi connectivity index (χ4v) is 5.33. The molecule has 1 fully saturated rings. The molecule has 0 saturated carbocycles. The van der Waals surface area contributed by atoms with Crippen LogP contribution in [0.1, 0.15) is 37.1 Å². The number of benzene rings is 1. The highest BCUT2D eigenvalue weighted by molar-refractivity contribution is 5.85. The normalized spacial score (nSPS) is 31.9. The third kappa shape index (κ3) is 2.65. The minimum atomic E-state index is -0.576. The number of nitrogens with zero attached hydrogens (tertiary/aromatic N) is 1. The number of piperidine rings is 1. The lowest BCUT2D eigenvalue weighted by atomic mass is 9.67. The molecular formula is C21H28N2O3. The van der Waals surface area contributed by atoms with Crippen molar-refractivity contribution in [1.29, 1.82) is 0 Å². The number of methoxy groups -OCH3 is 1. The SMILES string of the molecule is CC[C@@H]1CN(C)C2Cc3c([nH]c4ccccc34)C(O)CC1C2C(=O)OC. The molecule has 2 aromatic rings. The van der Waals surface area contributed by atoms with Crippen molar-refractivity contribution < 1.29 is 14.6 Å². The quantitative estimate of drug-likeness (QED) is 0.812. The van der Waals surface area contributed by atoms with E-state index in [0.29, 0.717) is 12.3 Å². The van der Waals surface area contributed by atoms with Crippen molar-refractivity contribution in [1.82, 2.24) is 9.88 Å². The van der Waals surface area contributed by atoms with Crippen molar-refractivity contribution in [3.8, 4) is 0 Å². The number of hydrogen-bond acceptors (Lipinski definition) is 4. The molecule has 1 saturated heterocycles. The first-order valence-electron chi connectivity index (χ1n) is 9.60. The van der Waals surface area contributed by atoms with Gasteiger partial charge in [0.2, 0.25) is 0 Å². The van der Waals surface area contributed by atoms with Gasteiger partial charge in [0.25, 0.3) is 0 Å². The average Bonchev–Trinajstić information content (AvgIpc) is 3.01. The lowest BCUT2D eigenvalue weighted by Crippen LogP contribution is -2.56. The minimum absolute atomic E-state index is 0.0979. The molecule has 1 aliphatic heterocycles. The van der Waals surface area contributed by atoms with Crippen LogP contribution in [-0.4, -0.2) is 47.7 Å². The van der Waals surface area contributed by atoms with Crippen molar-refractivity contribution in [2.24, 2.45) is 17.8 Å². The monoisotopic (exact) mass is 356 g/mol. The van der Waals surface area contributed by atoms with E-state index in [0.717, 1.165) is 41.5 Å². The molecule has 5 heteroatoms. The van der Waals surface area contributed by atoms with Crippen LogP contribution < -0.4 is 0 Å². The molecule has 2 bridgehead atoms. The number of likely N-dealkylation sites (N-methyl/N-ethyl adjacent to an activating group) is 1. The van der Waals surface area contributed by atoms with Gasteiger partial charge in [-0.2, -0.15) is 0 Å². The maximum absolute atomic E-state index is 12.7. The molecule has 1 aromatic carbocycles. The molecule has 140 valence electrons. The molecule has 0 amide bonds. The van der Waals surface area contributed by atoms with Gasteiger partial charge in [-0.15, -0.1) is 0 Å². The van der Waals surface area contributed by atoms with Crippen LogP contribution in [0.3, 0.4) is 0 Å². The number of likely N-dealkylation sites (tertiary alicyclic amines) is 1. The topological polar surface area (TPSA) is 65.6 Å². The first-order valence-corrected chi connectivity index (χ1v) is 9.60. The van der Waals surface area contributed by atoms with Gasteiger partial charge in [-0.25, -0.2) is 0 Å². The zero-order valence-electron chi connectivity index (χ0n) is 15.7. The Hall–Kier alpha value is -1.85. The van der Waals surface area contributed by atoms with Crippen LogP contribution in [0.4, 0.5) is 0 Å². The number of carbonyl (C=O) groups is 1. The van der Waals surface area contributed by atoms with Crippen LogP contribution in [0.15, 0.2) is 24.3 Å². The fraction of sp³-hybridized carbons (Fsp3) is 0.571. The van der Waals surface area contributed by atoms with Gasteiger partial charge < -0.3 is 19.7 Å². The molecule has 26 heavy (non-hydrogen) atoms. The summed E-state index contributed by atoms with van der Waals surface area (Å²) in [6.07, 6.45) is 1.77. The van der Waals surface area contributed by atoms with Crippen LogP contribution in [0, 0.1) is 17.8 Å². The Morgan fingerprint density at radius 1 is 1.38 bits per heavy atom. The van der Waals surface area contributed by atoms with Crippen LogP contribution >= 0.6 is 0 Å². The number of aromatic amines is 1. The molecule has 5 atom stereocenters. The van der Waals surface area contributed by atoms with E-state index in [-0.39, 0.29) is 23.8 Å². The molecule has 0 radical (unpaired) electrons. The third-order valence-electron chi connectivity index (χ3n) is 6.66. The van der Waals surface area contributed by atoms with E-state index >= 15 is 0 Å². The van der Waals surface area contributed by atoms with E-state index in [1.807, 2.05) is 12.1 Å². The van der Waals surface area contributed by atoms with Crippen LogP contribution in [0.25, 0.3) is 10.9 Å². The highest BCUT2D eigenvalue weighted by Crippen LogP contribution is 2.45. The number of nitrogens with one attached hydrogen (secondary N) is 1. The summed E-state index contributed by atoms with van der Waals surface area (Å²) < 4.78 is 5.20. The highest BCUT2D eigenvalue weighted by atomic mass is 16.5. The van der Waals surface area contributed by atoms with E-state index in [1.54, 1.807) is 0 Å². The highest BCUT2D eigenvalue weighted by Gasteiger charge is 2.48. The number of esters is 1. The first kappa shape index (κ1) is 17.6. The predicted molar refractivity (Wildman–Crippen MR) is 101 cm³/mol.